The summed E-state index contributed by atoms with van der Waals surface area (Å²) in [4.78, 5) is 0. The standard InChI is InChI=1S/C9H10Cl2N2O2/c1-5(9(12)13-14)15-8-3-2-6(10)4-7(8)11/h2-5,14H,1H3,(H2,12,13)/t5-/m0/s1. The van der Waals surface area contributed by atoms with Gasteiger partial charge in [0.25, 0.3) is 0 Å². The summed E-state index contributed by atoms with van der Waals surface area (Å²) in [6.45, 7) is 1.64. The largest absolute Gasteiger partial charge is 0.481 e. The molecule has 0 radical (unpaired) electrons. The first kappa shape index (κ1) is 11.9. The van der Waals surface area contributed by atoms with Gasteiger partial charge in [0.2, 0.25) is 0 Å². The van der Waals surface area contributed by atoms with Crippen LogP contribution in [-0.2, 0) is 0 Å². The molecule has 4 nitrogen and oxygen atoms in total. The van der Waals surface area contributed by atoms with E-state index in [9.17, 15) is 0 Å². The zero-order valence-electron chi connectivity index (χ0n) is 7.95. The van der Waals surface area contributed by atoms with Gasteiger partial charge in [-0.05, 0) is 25.1 Å². The molecule has 0 aliphatic rings. The van der Waals surface area contributed by atoms with Crippen LogP contribution in [0.4, 0.5) is 0 Å². The van der Waals surface area contributed by atoms with Crippen LogP contribution in [0, 0.1) is 0 Å². The zero-order valence-corrected chi connectivity index (χ0v) is 9.46. The summed E-state index contributed by atoms with van der Waals surface area (Å²) in [5.41, 5.74) is 5.35. The number of hydrogen-bond donors (Lipinski definition) is 2. The Bertz CT molecular complexity index is 382. The molecule has 15 heavy (non-hydrogen) atoms. The lowest BCUT2D eigenvalue weighted by Gasteiger charge is -2.14. The number of nitrogens with two attached hydrogens (primary N) is 1. The lowest BCUT2D eigenvalue weighted by Crippen LogP contribution is -2.31. The third-order valence-corrected chi connectivity index (χ3v) is 2.26. The molecule has 0 spiro atoms. The van der Waals surface area contributed by atoms with Gasteiger partial charge >= 0.3 is 0 Å². The van der Waals surface area contributed by atoms with E-state index >= 15 is 0 Å². The molecule has 82 valence electrons. The van der Waals surface area contributed by atoms with Crippen molar-refractivity contribution >= 4 is 29.0 Å². The second-order valence-electron chi connectivity index (χ2n) is 2.86. The van der Waals surface area contributed by atoms with Gasteiger partial charge in [0.15, 0.2) is 11.9 Å². The van der Waals surface area contributed by atoms with Crippen molar-refractivity contribution in [2.24, 2.45) is 10.9 Å². The summed E-state index contributed by atoms with van der Waals surface area (Å²) in [6, 6.07) is 4.81. The van der Waals surface area contributed by atoms with Crippen molar-refractivity contribution in [2.75, 3.05) is 0 Å². The first-order valence-electron chi connectivity index (χ1n) is 4.13. The quantitative estimate of drug-likeness (QED) is 0.374. The number of hydrogen-bond acceptors (Lipinski definition) is 3. The second kappa shape index (κ2) is 5.09. The minimum Gasteiger partial charge on any atom is -0.481 e. The highest BCUT2D eigenvalue weighted by Gasteiger charge is 2.11. The molecule has 1 rings (SSSR count). The molecule has 0 heterocycles. The molecule has 0 saturated carbocycles. The van der Waals surface area contributed by atoms with Crippen LogP contribution in [0.2, 0.25) is 10.0 Å². The van der Waals surface area contributed by atoms with Gasteiger partial charge in [0.1, 0.15) is 5.75 Å². The summed E-state index contributed by atoms with van der Waals surface area (Å²) >= 11 is 11.6. The summed E-state index contributed by atoms with van der Waals surface area (Å²) in [5.74, 6) is 0.404. The maximum absolute atomic E-state index is 8.43. The van der Waals surface area contributed by atoms with E-state index in [-0.39, 0.29) is 5.84 Å². The van der Waals surface area contributed by atoms with E-state index in [4.69, 9.17) is 38.9 Å². The van der Waals surface area contributed by atoms with Crippen LogP contribution >= 0.6 is 23.2 Å². The fourth-order valence-corrected chi connectivity index (χ4v) is 1.36. The highest BCUT2D eigenvalue weighted by molar-refractivity contribution is 6.35. The molecule has 3 N–H and O–H groups in total. The maximum Gasteiger partial charge on any atom is 0.180 e. The molecule has 6 heteroatoms. The third-order valence-electron chi connectivity index (χ3n) is 1.73. The number of oxime groups is 1. The van der Waals surface area contributed by atoms with Crippen LogP contribution in [0.3, 0.4) is 0 Å². The Kier molecular flexibility index (Phi) is 4.05. The van der Waals surface area contributed by atoms with Crippen LogP contribution in [0.15, 0.2) is 23.4 Å². The fourth-order valence-electron chi connectivity index (χ4n) is 0.903. The van der Waals surface area contributed by atoms with E-state index in [1.165, 1.54) is 0 Å². The summed E-state index contributed by atoms with van der Waals surface area (Å²) in [6.07, 6.45) is -0.561. The predicted octanol–water partition coefficient (Wildman–Crippen LogP) is 2.51. The maximum atomic E-state index is 8.43. The normalized spacial score (nSPS) is 13.7. The Morgan fingerprint density at radius 2 is 2.20 bits per heavy atom. The SMILES string of the molecule is C[C@H](Oc1ccc(Cl)cc1Cl)/C(N)=N\O. The van der Waals surface area contributed by atoms with Crippen LogP contribution in [-0.4, -0.2) is 17.1 Å². The Hall–Kier alpha value is -1.13. The van der Waals surface area contributed by atoms with Gasteiger partial charge in [-0.3, -0.25) is 0 Å². The molecule has 1 atom stereocenters. The summed E-state index contributed by atoms with van der Waals surface area (Å²) < 4.78 is 5.35. The minimum absolute atomic E-state index is 0.0268. The Morgan fingerprint density at radius 1 is 1.53 bits per heavy atom. The Morgan fingerprint density at radius 3 is 2.73 bits per heavy atom. The first-order valence-corrected chi connectivity index (χ1v) is 4.89. The molecule has 0 saturated heterocycles. The van der Waals surface area contributed by atoms with Crippen LogP contribution in [0.5, 0.6) is 5.75 Å². The van der Waals surface area contributed by atoms with Gasteiger partial charge in [-0.25, -0.2) is 0 Å². The van der Waals surface area contributed by atoms with Gasteiger partial charge in [-0.2, -0.15) is 0 Å². The molecule has 0 aliphatic carbocycles. The smallest absolute Gasteiger partial charge is 0.180 e. The van der Waals surface area contributed by atoms with Crippen molar-refractivity contribution in [3.8, 4) is 5.75 Å². The minimum atomic E-state index is -0.561. The number of rotatable bonds is 3. The third kappa shape index (κ3) is 3.18. The lowest BCUT2D eigenvalue weighted by atomic mass is 10.3. The van der Waals surface area contributed by atoms with Gasteiger partial charge in [0, 0.05) is 5.02 Å². The van der Waals surface area contributed by atoms with E-state index in [1.807, 2.05) is 0 Å². The van der Waals surface area contributed by atoms with E-state index in [2.05, 4.69) is 5.16 Å². The van der Waals surface area contributed by atoms with Crippen LogP contribution in [0.25, 0.3) is 0 Å². The molecule has 0 aliphatic heterocycles. The fraction of sp³-hybridized carbons (Fsp3) is 0.222. The number of benzene rings is 1. The molecule has 0 aromatic heterocycles. The van der Waals surface area contributed by atoms with Crippen molar-refractivity contribution in [3.05, 3.63) is 28.2 Å². The van der Waals surface area contributed by atoms with Crippen LogP contribution in [0.1, 0.15) is 6.92 Å². The van der Waals surface area contributed by atoms with Crippen molar-refractivity contribution in [1.29, 1.82) is 0 Å². The first-order chi connectivity index (χ1) is 7.04. The number of halogens is 2. The van der Waals surface area contributed by atoms with Gasteiger partial charge in [-0.15, -0.1) is 0 Å². The molecular formula is C9H10Cl2N2O2. The molecule has 0 unspecified atom stereocenters. The predicted molar refractivity (Wildman–Crippen MR) is 60.0 cm³/mol. The lowest BCUT2D eigenvalue weighted by molar-refractivity contribution is 0.266. The van der Waals surface area contributed by atoms with Crippen molar-refractivity contribution in [2.45, 2.75) is 13.0 Å². The molecular weight excluding hydrogens is 239 g/mol. The van der Waals surface area contributed by atoms with Crippen molar-refractivity contribution < 1.29 is 9.94 Å². The highest BCUT2D eigenvalue weighted by atomic mass is 35.5. The number of nitrogens with zero attached hydrogens (tertiary/aromatic N) is 1. The number of amidine groups is 1. The van der Waals surface area contributed by atoms with E-state index in [0.29, 0.717) is 15.8 Å². The molecule has 0 amide bonds. The van der Waals surface area contributed by atoms with Gasteiger partial charge < -0.3 is 15.7 Å². The average molecular weight is 249 g/mol. The molecule has 1 aromatic rings. The van der Waals surface area contributed by atoms with Gasteiger partial charge in [-0.1, -0.05) is 28.4 Å². The molecule has 0 fully saturated rings. The number of ether oxygens (including phenoxy) is 1. The topological polar surface area (TPSA) is 67.8 Å². The monoisotopic (exact) mass is 248 g/mol. The summed E-state index contributed by atoms with van der Waals surface area (Å²) in [7, 11) is 0. The van der Waals surface area contributed by atoms with Gasteiger partial charge in [0.05, 0.1) is 5.02 Å². The second-order valence-corrected chi connectivity index (χ2v) is 3.70. The van der Waals surface area contributed by atoms with E-state index in [0.717, 1.165) is 0 Å². The van der Waals surface area contributed by atoms with E-state index < -0.39 is 6.10 Å². The van der Waals surface area contributed by atoms with E-state index in [1.54, 1.807) is 25.1 Å². The summed E-state index contributed by atoms with van der Waals surface area (Å²) in [5, 5.41) is 12.2. The average Bonchev–Trinajstić information content (AvgIpc) is 2.20. The Balaban J connectivity index is 2.81. The Labute approximate surface area is 97.2 Å². The zero-order chi connectivity index (χ0) is 11.4. The van der Waals surface area contributed by atoms with Crippen LogP contribution < -0.4 is 10.5 Å². The molecule has 0 bridgehead atoms. The van der Waals surface area contributed by atoms with Crippen molar-refractivity contribution in [3.63, 3.8) is 0 Å². The van der Waals surface area contributed by atoms with Crippen molar-refractivity contribution in [1.82, 2.24) is 0 Å². The molecule has 1 aromatic carbocycles. The highest BCUT2D eigenvalue weighted by Crippen LogP contribution is 2.28.